The van der Waals surface area contributed by atoms with Crippen LogP contribution in [-0.4, -0.2) is 26.6 Å². The first-order valence-corrected chi connectivity index (χ1v) is 5.50. The number of anilines is 1. The number of methoxy groups -OCH3 is 1. The Morgan fingerprint density at radius 3 is 3.06 bits per heavy atom. The number of ether oxygens (including phenoxy) is 1. The van der Waals surface area contributed by atoms with Crippen molar-refractivity contribution in [2.75, 3.05) is 12.8 Å². The summed E-state index contributed by atoms with van der Waals surface area (Å²) in [5.74, 6) is 0.631. The normalized spacial score (nSPS) is 19.0. The zero-order valence-electron chi connectivity index (χ0n) is 9.50. The molecule has 6 heteroatoms. The number of allylic oxidation sites excluding steroid dienone is 2. The number of aromatic nitrogens is 4. The van der Waals surface area contributed by atoms with Crippen LogP contribution in [0, 0.1) is 0 Å². The summed E-state index contributed by atoms with van der Waals surface area (Å²) < 4.78 is 7.17. The highest BCUT2D eigenvalue weighted by molar-refractivity contribution is 5.77. The molecule has 0 unspecified atom stereocenters. The lowest BCUT2D eigenvalue weighted by Gasteiger charge is -2.10. The second kappa shape index (κ2) is 3.73. The Labute approximate surface area is 98.1 Å². The first kappa shape index (κ1) is 10.1. The Balaban J connectivity index is 2.20. The Kier molecular flexibility index (Phi) is 2.21. The molecule has 2 N–H and O–H groups in total. The fourth-order valence-corrected chi connectivity index (χ4v) is 2.14. The number of nitrogen functional groups attached to an aromatic ring is 1. The Morgan fingerprint density at radius 2 is 2.35 bits per heavy atom. The largest absolute Gasteiger partial charge is 0.479 e. The number of imidazole rings is 1. The third-order valence-corrected chi connectivity index (χ3v) is 2.94. The highest BCUT2D eigenvalue weighted by atomic mass is 16.5. The molecule has 1 aliphatic carbocycles. The molecule has 6 nitrogen and oxygen atoms in total. The highest BCUT2D eigenvalue weighted by Crippen LogP contribution is 2.28. The van der Waals surface area contributed by atoms with E-state index in [-0.39, 0.29) is 5.95 Å². The molecule has 0 aromatic carbocycles. The maximum Gasteiger partial charge on any atom is 0.246 e. The van der Waals surface area contributed by atoms with Gasteiger partial charge in [-0.05, 0) is 12.8 Å². The van der Waals surface area contributed by atoms with Gasteiger partial charge in [-0.25, -0.2) is 4.98 Å². The molecule has 0 bridgehead atoms. The second-order valence-corrected chi connectivity index (χ2v) is 3.99. The quantitative estimate of drug-likeness (QED) is 0.788. The lowest BCUT2D eigenvalue weighted by atomic mass is 10.2. The van der Waals surface area contributed by atoms with Crippen molar-refractivity contribution < 1.29 is 4.74 Å². The lowest BCUT2D eigenvalue weighted by molar-refractivity contribution is 0.402. The molecule has 0 spiro atoms. The molecular formula is C11H13N5O. The van der Waals surface area contributed by atoms with Gasteiger partial charge < -0.3 is 15.0 Å². The van der Waals surface area contributed by atoms with Crippen molar-refractivity contribution in [2.24, 2.45) is 0 Å². The maximum atomic E-state index is 5.67. The molecule has 0 radical (unpaired) electrons. The number of fused-ring (bicyclic) bond motifs is 1. The van der Waals surface area contributed by atoms with E-state index in [0.717, 1.165) is 18.5 Å². The van der Waals surface area contributed by atoms with Gasteiger partial charge in [0.1, 0.15) is 0 Å². The summed E-state index contributed by atoms with van der Waals surface area (Å²) in [4.78, 5) is 12.6. The van der Waals surface area contributed by atoms with Crippen molar-refractivity contribution in [3.8, 4) is 5.88 Å². The van der Waals surface area contributed by atoms with Gasteiger partial charge in [0.2, 0.25) is 11.8 Å². The van der Waals surface area contributed by atoms with Crippen molar-refractivity contribution in [1.29, 1.82) is 0 Å². The SMILES string of the molecule is COc1nc(N)nc2c1ncn2[C@H]1C=CCC1. The van der Waals surface area contributed by atoms with Gasteiger partial charge in [-0.3, -0.25) is 0 Å². The number of hydrogen-bond donors (Lipinski definition) is 1. The molecule has 3 rings (SSSR count). The van der Waals surface area contributed by atoms with Crippen LogP contribution in [0.5, 0.6) is 5.88 Å². The summed E-state index contributed by atoms with van der Waals surface area (Å²) in [5.41, 5.74) is 7.05. The summed E-state index contributed by atoms with van der Waals surface area (Å²) in [6, 6.07) is 0.305. The molecular weight excluding hydrogens is 218 g/mol. The van der Waals surface area contributed by atoms with Crippen molar-refractivity contribution in [3.05, 3.63) is 18.5 Å². The number of nitrogens with two attached hydrogens (primary N) is 1. The van der Waals surface area contributed by atoms with Crippen LogP contribution in [0.1, 0.15) is 18.9 Å². The molecule has 88 valence electrons. The Hall–Kier alpha value is -2.11. The average molecular weight is 231 g/mol. The van der Waals surface area contributed by atoms with Gasteiger partial charge in [0, 0.05) is 0 Å². The van der Waals surface area contributed by atoms with Gasteiger partial charge in [-0.15, -0.1) is 0 Å². The van der Waals surface area contributed by atoms with Gasteiger partial charge in [0.15, 0.2) is 11.2 Å². The highest BCUT2D eigenvalue weighted by Gasteiger charge is 2.18. The number of nitrogens with zero attached hydrogens (tertiary/aromatic N) is 4. The first-order chi connectivity index (χ1) is 8.29. The van der Waals surface area contributed by atoms with Crippen LogP contribution in [0.3, 0.4) is 0 Å². The van der Waals surface area contributed by atoms with Gasteiger partial charge >= 0.3 is 0 Å². The molecule has 0 fully saturated rings. The number of rotatable bonds is 2. The molecule has 2 heterocycles. The van der Waals surface area contributed by atoms with E-state index in [2.05, 4.69) is 27.1 Å². The van der Waals surface area contributed by atoms with Crippen LogP contribution in [0.15, 0.2) is 18.5 Å². The smallest absolute Gasteiger partial charge is 0.246 e. The minimum absolute atomic E-state index is 0.207. The third kappa shape index (κ3) is 1.52. The second-order valence-electron chi connectivity index (χ2n) is 3.99. The van der Waals surface area contributed by atoms with Gasteiger partial charge in [-0.1, -0.05) is 12.2 Å². The van der Waals surface area contributed by atoms with Crippen molar-refractivity contribution in [3.63, 3.8) is 0 Å². The molecule has 0 aliphatic heterocycles. The zero-order valence-corrected chi connectivity index (χ0v) is 9.50. The Bertz CT molecular complexity index is 589. The van der Waals surface area contributed by atoms with E-state index in [0.29, 0.717) is 17.4 Å². The van der Waals surface area contributed by atoms with E-state index in [1.807, 2.05) is 4.57 Å². The Morgan fingerprint density at radius 1 is 1.47 bits per heavy atom. The van der Waals surface area contributed by atoms with Crippen LogP contribution in [-0.2, 0) is 0 Å². The van der Waals surface area contributed by atoms with Crippen LogP contribution >= 0.6 is 0 Å². The van der Waals surface area contributed by atoms with Crippen molar-refractivity contribution in [2.45, 2.75) is 18.9 Å². The van der Waals surface area contributed by atoms with Gasteiger partial charge in [-0.2, -0.15) is 9.97 Å². The standard InChI is InChI=1S/C11H13N5O/c1-17-10-8-9(14-11(12)15-10)16(6-13-8)7-4-2-3-5-7/h2,4,6-7H,3,5H2,1H3,(H2,12,14,15)/t7-/m0/s1. The minimum atomic E-state index is 0.207. The van der Waals surface area contributed by atoms with Crippen LogP contribution < -0.4 is 10.5 Å². The third-order valence-electron chi connectivity index (χ3n) is 2.94. The van der Waals surface area contributed by atoms with E-state index in [9.17, 15) is 0 Å². The lowest BCUT2D eigenvalue weighted by Crippen LogP contribution is -2.05. The zero-order chi connectivity index (χ0) is 11.8. The topological polar surface area (TPSA) is 78.8 Å². The van der Waals surface area contributed by atoms with Crippen LogP contribution in [0.4, 0.5) is 5.95 Å². The van der Waals surface area contributed by atoms with E-state index in [4.69, 9.17) is 10.5 Å². The molecule has 0 saturated heterocycles. The fourth-order valence-electron chi connectivity index (χ4n) is 2.14. The predicted molar refractivity (Wildman–Crippen MR) is 63.7 cm³/mol. The minimum Gasteiger partial charge on any atom is -0.479 e. The van der Waals surface area contributed by atoms with E-state index < -0.39 is 0 Å². The van der Waals surface area contributed by atoms with Crippen LogP contribution in [0.25, 0.3) is 11.2 Å². The molecule has 1 atom stereocenters. The van der Waals surface area contributed by atoms with E-state index in [1.165, 1.54) is 0 Å². The van der Waals surface area contributed by atoms with Gasteiger partial charge in [0.05, 0.1) is 19.5 Å². The maximum absolute atomic E-state index is 5.67. The monoisotopic (exact) mass is 231 g/mol. The summed E-state index contributed by atoms with van der Waals surface area (Å²) in [6.45, 7) is 0. The van der Waals surface area contributed by atoms with E-state index >= 15 is 0 Å². The predicted octanol–water partition coefficient (Wildman–Crippen LogP) is 1.31. The molecule has 1 aliphatic rings. The molecule has 17 heavy (non-hydrogen) atoms. The molecule has 2 aromatic rings. The fraction of sp³-hybridized carbons (Fsp3) is 0.364. The summed E-state index contributed by atoms with van der Waals surface area (Å²) >= 11 is 0. The molecule has 2 aromatic heterocycles. The van der Waals surface area contributed by atoms with Crippen LogP contribution in [0.2, 0.25) is 0 Å². The summed E-state index contributed by atoms with van der Waals surface area (Å²) in [6.07, 6.45) is 8.24. The molecule has 0 amide bonds. The number of hydrogen-bond acceptors (Lipinski definition) is 5. The van der Waals surface area contributed by atoms with E-state index in [1.54, 1.807) is 13.4 Å². The molecule has 0 saturated carbocycles. The van der Waals surface area contributed by atoms with Gasteiger partial charge in [0.25, 0.3) is 0 Å². The van der Waals surface area contributed by atoms with Crippen molar-refractivity contribution >= 4 is 17.1 Å². The average Bonchev–Trinajstić information content (AvgIpc) is 2.94. The van der Waals surface area contributed by atoms with Crippen molar-refractivity contribution in [1.82, 2.24) is 19.5 Å². The first-order valence-electron chi connectivity index (χ1n) is 5.50. The summed E-state index contributed by atoms with van der Waals surface area (Å²) in [5, 5.41) is 0. The summed E-state index contributed by atoms with van der Waals surface area (Å²) in [7, 11) is 1.55.